The van der Waals surface area contributed by atoms with Crippen molar-refractivity contribution in [3.8, 4) is 11.5 Å². The lowest BCUT2D eigenvalue weighted by Gasteiger charge is -2.18. The molecule has 5 heteroatoms. The van der Waals surface area contributed by atoms with Gasteiger partial charge in [0.1, 0.15) is 0 Å². The van der Waals surface area contributed by atoms with Gasteiger partial charge in [0, 0.05) is 18.7 Å². The molecule has 0 spiro atoms. The number of halogens is 1. The second kappa shape index (κ2) is 6.84. The summed E-state index contributed by atoms with van der Waals surface area (Å²) in [6, 6.07) is 3.39. The third-order valence-corrected chi connectivity index (χ3v) is 3.52. The lowest BCUT2D eigenvalue weighted by atomic mass is 10.1. The Labute approximate surface area is 124 Å². The Balaban J connectivity index is 2.31. The fourth-order valence-corrected chi connectivity index (χ4v) is 2.61. The number of carbonyl (C=O) groups excluding carboxylic acids is 1. The van der Waals surface area contributed by atoms with Crippen LogP contribution in [0.25, 0.3) is 0 Å². The molecule has 0 aromatic heterocycles. The summed E-state index contributed by atoms with van der Waals surface area (Å²) in [5, 5.41) is 0.417. The molecule has 1 aromatic rings. The maximum Gasteiger partial charge on any atom is 0.254 e. The van der Waals surface area contributed by atoms with E-state index in [9.17, 15) is 4.79 Å². The van der Waals surface area contributed by atoms with E-state index < -0.39 is 0 Å². The zero-order valence-electron chi connectivity index (χ0n) is 11.9. The number of hydrogen-bond acceptors (Lipinski definition) is 3. The molecule has 1 aromatic carbocycles. The number of amides is 1. The Bertz CT molecular complexity index is 484. The van der Waals surface area contributed by atoms with Gasteiger partial charge in [-0.1, -0.05) is 11.6 Å². The number of carbonyl (C=O) groups is 1. The predicted molar refractivity (Wildman–Crippen MR) is 78.9 cm³/mol. The zero-order chi connectivity index (χ0) is 14.5. The van der Waals surface area contributed by atoms with E-state index in [1.807, 2.05) is 18.7 Å². The summed E-state index contributed by atoms with van der Waals surface area (Å²) in [7, 11) is 0. The minimum absolute atomic E-state index is 0.00778. The van der Waals surface area contributed by atoms with Crippen LogP contribution < -0.4 is 9.47 Å². The van der Waals surface area contributed by atoms with E-state index in [0.717, 1.165) is 25.9 Å². The fourth-order valence-electron chi connectivity index (χ4n) is 2.34. The van der Waals surface area contributed by atoms with Crippen LogP contribution in [0.2, 0.25) is 5.02 Å². The van der Waals surface area contributed by atoms with Crippen LogP contribution in [0, 0.1) is 0 Å². The number of hydrogen-bond donors (Lipinski definition) is 0. The molecule has 1 heterocycles. The van der Waals surface area contributed by atoms with Crippen LogP contribution in [0.3, 0.4) is 0 Å². The van der Waals surface area contributed by atoms with Gasteiger partial charge in [0.15, 0.2) is 11.5 Å². The maximum absolute atomic E-state index is 12.4. The van der Waals surface area contributed by atoms with E-state index in [2.05, 4.69) is 0 Å². The molecule has 1 aliphatic rings. The van der Waals surface area contributed by atoms with Crippen LogP contribution in [0.4, 0.5) is 0 Å². The summed E-state index contributed by atoms with van der Waals surface area (Å²) in [6.45, 7) is 6.40. The smallest absolute Gasteiger partial charge is 0.254 e. The predicted octanol–water partition coefficient (Wildman–Crippen LogP) is 3.37. The quantitative estimate of drug-likeness (QED) is 0.836. The molecule has 110 valence electrons. The van der Waals surface area contributed by atoms with Gasteiger partial charge in [0.25, 0.3) is 5.91 Å². The maximum atomic E-state index is 12.4. The molecule has 1 aliphatic heterocycles. The largest absolute Gasteiger partial charge is 0.490 e. The highest BCUT2D eigenvalue weighted by Crippen LogP contribution is 2.37. The van der Waals surface area contributed by atoms with E-state index in [4.69, 9.17) is 21.1 Å². The van der Waals surface area contributed by atoms with Gasteiger partial charge >= 0.3 is 0 Å². The second-order valence-electron chi connectivity index (χ2n) is 4.65. The van der Waals surface area contributed by atoms with Crippen LogP contribution in [0.15, 0.2) is 12.1 Å². The topological polar surface area (TPSA) is 38.8 Å². The van der Waals surface area contributed by atoms with Gasteiger partial charge in [0.05, 0.1) is 18.2 Å². The molecule has 20 heavy (non-hydrogen) atoms. The first-order valence-electron chi connectivity index (χ1n) is 7.05. The molecule has 2 rings (SSSR count). The number of nitrogens with zero attached hydrogens (tertiary/aromatic N) is 1. The number of likely N-dealkylation sites (tertiary alicyclic amines) is 1. The van der Waals surface area contributed by atoms with E-state index >= 15 is 0 Å². The van der Waals surface area contributed by atoms with Crippen molar-refractivity contribution in [2.45, 2.75) is 26.7 Å². The van der Waals surface area contributed by atoms with Gasteiger partial charge in [-0.05, 0) is 38.8 Å². The van der Waals surface area contributed by atoms with Crippen molar-refractivity contribution in [2.24, 2.45) is 0 Å². The normalized spacial score (nSPS) is 14.4. The molecule has 1 amide bonds. The highest BCUT2D eigenvalue weighted by Gasteiger charge is 2.22. The molecule has 0 radical (unpaired) electrons. The number of ether oxygens (including phenoxy) is 2. The average molecular weight is 298 g/mol. The van der Waals surface area contributed by atoms with E-state index in [1.54, 1.807) is 12.1 Å². The Kier molecular flexibility index (Phi) is 5.12. The van der Waals surface area contributed by atoms with Crippen LogP contribution >= 0.6 is 11.6 Å². The second-order valence-corrected chi connectivity index (χ2v) is 5.06. The highest BCUT2D eigenvalue weighted by atomic mass is 35.5. The van der Waals surface area contributed by atoms with E-state index in [0.29, 0.717) is 35.3 Å². The molecule has 1 saturated heterocycles. The summed E-state index contributed by atoms with van der Waals surface area (Å²) in [5.74, 6) is 1.05. The Hall–Kier alpha value is -1.42. The first-order chi connectivity index (χ1) is 9.67. The fraction of sp³-hybridized carbons (Fsp3) is 0.533. The molecule has 0 N–H and O–H groups in total. The molecule has 1 fully saturated rings. The number of rotatable bonds is 5. The molecule has 0 saturated carbocycles. The summed E-state index contributed by atoms with van der Waals surface area (Å²) >= 11 is 6.22. The third-order valence-electron chi connectivity index (χ3n) is 3.24. The lowest BCUT2D eigenvalue weighted by molar-refractivity contribution is 0.0792. The third kappa shape index (κ3) is 3.18. The van der Waals surface area contributed by atoms with Gasteiger partial charge < -0.3 is 14.4 Å². The molecule has 4 nitrogen and oxygen atoms in total. The molecule has 0 atom stereocenters. The minimum atomic E-state index is 0.00778. The van der Waals surface area contributed by atoms with Crippen molar-refractivity contribution < 1.29 is 14.3 Å². The van der Waals surface area contributed by atoms with Gasteiger partial charge in [-0.2, -0.15) is 0 Å². The first kappa shape index (κ1) is 15.0. The van der Waals surface area contributed by atoms with Crippen molar-refractivity contribution in [1.82, 2.24) is 4.90 Å². The van der Waals surface area contributed by atoms with Crippen LogP contribution in [-0.4, -0.2) is 37.1 Å². The first-order valence-corrected chi connectivity index (χ1v) is 7.43. The van der Waals surface area contributed by atoms with Crippen molar-refractivity contribution >= 4 is 17.5 Å². The highest BCUT2D eigenvalue weighted by molar-refractivity contribution is 6.32. The lowest BCUT2D eigenvalue weighted by Crippen LogP contribution is -2.27. The molecule has 0 bridgehead atoms. The summed E-state index contributed by atoms with van der Waals surface area (Å²) in [5.41, 5.74) is 0.559. The van der Waals surface area contributed by atoms with Crippen molar-refractivity contribution in [3.05, 3.63) is 22.7 Å². The standard InChI is InChI=1S/C15H20ClNO3/c1-3-19-13-10-11(9-12(16)14(13)20-4-2)15(18)17-7-5-6-8-17/h9-10H,3-8H2,1-2H3. The summed E-state index contributed by atoms with van der Waals surface area (Å²) in [6.07, 6.45) is 2.13. The van der Waals surface area contributed by atoms with Crippen molar-refractivity contribution in [1.29, 1.82) is 0 Å². The molecule has 0 aliphatic carbocycles. The SMILES string of the molecule is CCOc1cc(C(=O)N2CCCC2)cc(Cl)c1OCC. The van der Waals surface area contributed by atoms with Gasteiger partial charge in [-0.25, -0.2) is 0 Å². The monoisotopic (exact) mass is 297 g/mol. The van der Waals surface area contributed by atoms with Crippen LogP contribution in [-0.2, 0) is 0 Å². The Morgan fingerprint density at radius 2 is 1.85 bits per heavy atom. The van der Waals surface area contributed by atoms with Gasteiger partial charge in [0.2, 0.25) is 0 Å². The zero-order valence-corrected chi connectivity index (χ0v) is 12.7. The van der Waals surface area contributed by atoms with E-state index in [1.165, 1.54) is 0 Å². The summed E-state index contributed by atoms with van der Waals surface area (Å²) in [4.78, 5) is 14.2. The number of benzene rings is 1. The molecule has 0 unspecified atom stereocenters. The Morgan fingerprint density at radius 1 is 1.20 bits per heavy atom. The molecular formula is C15H20ClNO3. The van der Waals surface area contributed by atoms with Crippen LogP contribution in [0.1, 0.15) is 37.0 Å². The average Bonchev–Trinajstić information content (AvgIpc) is 2.96. The van der Waals surface area contributed by atoms with Gasteiger partial charge in [-0.15, -0.1) is 0 Å². The van der Waals surface area contributed by atoms with Crippen LogP contribution in [0.5, 0.6) is 11.5 Å². The molecular weight excluding hydrogens is 278 g/mol. The van der Waals surface area contributed by atoms with E-state index in [-0.39, 0.29) is 5.91 Å². The Morgan fingerprint density at radius 3 is 2.45 bits per heavy atom. The minimum Gasteiger partial charge on any atom is -0.490 e. The van der Waals surface area contributed by atoms with Crippen molar-refractivity contribution in [2.75, 3.05) is 26.3 Å². The van der Waals surface area contributed by atoms with Crippen molar-refractivity contribution in [3.63, 3.8) is 0 Å². The van der Waals surface area contributed by atoms with Gasteiger partial charge in [-0.3, -0.25) is 4.79 Å². The summed E-state index contributed by atoms with van der Waals surface area (Å²) < 4.78 is 11.0.